The fraction of sp³-hybridized carbons (Fsp3) is 0.278. The van der Waals surface area contributed by atoms with Gasteiger partial charge in [-0.3, -0.25) is 0 Å². The molecule has 0 saturated carbocycles. The fourth-order valence-electron chi connectivity index (χ4n) is 2.69. The average molecular weight is 342 g/mol. The second-order valence-corrected chi connectivity index (χ2v) is 6.92. The number of pyridine rings is 1. The van der Waals surface area contributed by atoms with Crippen LogP contribution in [0.3, 0.4) is 0 Å². The summed E-state index contributed by atoms with van der Waals surface area (Å²) < 4.78 is 11.3. The molecule has 0 bridgehead atoms. The van der Waals surface area contributed by atoms with Crippen molar-refractivity contribution >= 4 is 11.6 Å². The molecule has 0 saturated heterocycles. The molecule has 4 rings (SSSR count). The van der Waals surface area contributed by atoms with Crippen LogP contribution in [0.5, 0.6) is 5.88 Å². The van der Waals surface area contributed by atoms with E-state index in [-0.39, 0.29) is 5.60 Å². The fourth-order valence-corrected chi connectivity index (χ4v) is 2.82. The van der Waals surface area contributed by atoms with E-state index < -0.39 is 0 Å². The van der Waals surface area contributed by atoms with Gasteiger partial charge >= 0.3 is 0 Å². The van der Waals surface area contributed by atoms with Gasteiger partial charge in [-0.15, -0.1) is 0 Å². The van der Waals surface area contributed by atoms with Crippen molar-refractivity contribution in [1.82, 2.24) is 15.1 Å². The predicted octanol–water partition coefficient (Wildman–Crippen LogP) is 4.56. The molecule has 0 unspecified atom stereocenters. The second kappa shape index (κ2) is 5.60. The zero-order valence-corrected chi connectivity index (χ0v) is 14.2. The molecule has 2 aromatic heterocycles. The summed E-state index contributed by atoms with van der Waals surface area (Å²) in [4.78, 5) is 8.87. The highest BCUT2D eigenvalue weighted by molar-refractivity contribution is 6.30. The van der Waals surface area contributed by atoms with Crippen molar-refractivity contribution in [2.45, 2.75) is 32.3 Å². The number of hydrogen-bond acceptors (Lipinski definition) is 5. The Morgan fingerprint density at radius 2 is 1.92 bits per heavy atom. The highest BCUT2D eigenvalue weighted by atomic mass is 35.5. The number of fused-ring (bicyclic) bond motifs is 1. The highest BCUT2D eigenvalue weighted by Crippen LogP contribution is 2.33. The number of aryl methyl sites for hydroxylation is 1. The molecule has 3 aromatic rings. The molecule has 1 aliphatic heterocycles. The molecule has 1 aromatic carbocycles. The summed E-state index contributed by atoms with van der Waals surface area (Å²) in [6.07, 6.45) is 3.58. The standard InChI is InChI=1S/C18H16ClN3O2/c1-18(2)8-7-12-9-13(10-20-16(12)23-18)17-21-15(22-24-17)11-3-5-14(19)6-4-11/h3-6,9-10H,7-8H2,1-2H3. The topological polar surface area (TPSA) is 61.0 Å². The van der Waals surface area contributed by atoms with Crippen LogP contribution in [-0.4, -0.2) is 20.7 Å². The van der Waals surface area contributed by atoms with Crippen molar-refractivity contribution in [3.8, 4) is 28.7 Å². The van der Waals surface area contributed by atoms with Crippen molar-refractivity contribution in [3.05, 3.63) is 47.1 Å². The van der Waals surface area contributed by atoms with Crippen LogP contribution in [0, 0.1) is 0 Å². The lowest BCUT2D eigenvalue weighted by molar-refractivity contribution is 0.0784. The molecule has 0 fully saturated rings. The molecule has 24 heavy (non-hydrogen) atoms. The number of hydrogen-bond donors (Lipinski definition) is 0. The van der Waals surface area contributed by atoms with Crippen LogP contribution < -0.4 is 4.74 Å². The van der Waals surface area contributed by atoms with E-state index in [9.17, 15) is 0 Å². The summed E-state index contributed by atoms with van der Waals surface area (Å²) in [7, 11) is 0. The third-order valence-corrected chi connectivity index (χ3v) is 4.32. The summed E-state index contributed by atoms with van der Waals surface area (Å²) in [5.74, 6) is 1.66. The van der Waals surface area contributed by atoms with Crippen LogP contribution in [0.2, 0.25) is 5.02 Å². The van der Waals surface area contributed by atoms with Gasteiger partial charge in [-0.25, -0.2) is 4.98 Å². The Morgan fingerprint density at radius 1 is 1.12 bits per heavy atom. The lowest BCUT2D eigenvalue weighted by Gasteiger charge is -2.31. The molecule has 6 heteroatoms. The van der Waals surface area contributed by atoms with Gasteiger partial charge in [-0.1, -0.05) is 16.8 Å². The monoisotopic (exact) mass is 341 g/mol. The van der Waals surface area contributed by atoms with Crippen LogP contribution in [0.4, 0.5) is 0 Å². The molecule has 0 atom stereocenters. The minimum atomic E-state index is -0.173. The maximum absolute atomic E-state index is 5.91. The van der Waals surface area contributed by atoms with E-state index in [1.54, 1.807) is 18.3 Å². The Morgan fingerprint density at radius 3 is 2.71 bits per heavy atom. The van der Waals surface area contributed by atoms with Crippen molar-refractivity contribution < 1.29 is 9.26 Å². The molecule has 1 aliphatic rings. The average Bonchev–Trinajstić information content (AvgIpc) is 3.04. The molecule has 0 N–H and O–H groups in total. The van der Waals surface area contributed by atoms with Crippen molar-refractivity contribution in [2.75, 3.05) is 0 Å². The molecule has 5 nitrogen and oxygen atoms in total. The smallest absolute Gasteiger partial charge is 0.259 e. The van der Waals surface area contributed by atoms with E-state index >= 15 is 0 Å². The molecule has 0 spiro atoms. The van der Waals surface area contributed by atoms with E-state index in [2.05, 4.69) is 29.0 Å². The van der Waals surface area contributed by atoms with E-state index in [0.29, 0.717) is 22.6 Å². The Balaban J connectivity index is 1.64. The zero-order chi connectivity index (χ0) is 16.7. The van der Waals surface area contributed by atoms with Gasteiger partial charge in [0.2, 0.25) is 11.7 Å². The first kappa shape index (κ1) is 15.1. The summed E-state index contributed by atoms with van der Waals surface area (Å²) in [6, 6.07) is 9.33. The summed E-state index contributed by atoms with van der Waals surface area (Å²) in [6.45, 7) is 4.14. The zero-order valence-electron chi connectivity index (χ0n) is 13.4. The van der Waals surface area contributed by atoms with Crippen LogP contribution in [0.15, 0.2) is 41.1 Å². The molecule has 0 aliphatic carbocycles. The van der Waals surface area contributed by atoms with Crippen LogP contribution >= 0.6 is 11.6 Å². The number of ether oxygens (including phenoxy) is 1. The Bertz CT molecular complexity index is 888. The lowest BCUT2D eigenvalue weighted by Crippen LogP contribution is -2.33. The second-order valence-electron chi connectivity index (χ2n) is 6.48. The van der Waals surface area contributed by atoms with Crippen LogP contribution in [0.25, 0.3) is 22.8 Å². The van der Waals surface area contributed by atoms with Gasteiger partial charge in [-0.05, 0) is 57.0 Å². The first-order valence-electron chi connectivity index (χ1n) is 7.78. The normalized spacial score (nSPS) is 15.6. The summed E-state index contributed by atoms with van der Waals surface area (Å²) >= 11 is 5.90. The number of nitrogens with zero attached hydrogens (tertiary/aromatic N) is 3. The van der Waals surface area contributed by atoms with Gasteiger partial charge in [0.05, 0.1) is 5.56 Å². The predicted molar refractivity (Wildman–Crippen MR) is 91.0 cm³/mol. The Hall–Kier alpha value is -2.40. The molecular weight excluding hydrogens is 326 g/mol. The van der Waals surface area contributed by atoms with Crippen LogP contribution in [0.1, 0.15) is 25.8 Å². The van der Waals surface area contributed by atoms with Crippen molar-refractivity contribution in [1.29, 1.82) is 0 Å². The van der Waals surface area contributed by atoms with Gasteiger partial charge in [-0.2, -0.15) is 4.98 Å². The Labute approximate surface area is 144 Å². The maximum atomic E-state index is 5.91. The SMILES string of the molecule is CC1(C)CCc2cc(-c3nc(-c4ccc(Cl)cc4)no3)cnc2O1. The molecule has 0 amide bonds. The van der Waals surface area contributed by atoms with Crippen molar-refractivity contribution in [3.63, 3.8) is 0 Å². The third-order valence-electron chi connectivity index (χ3n) is 4.07. The molecule has 122 valence electrons. The highest BCUT2D eigenvalue weighted by Gasteiger charge is 2.28. The van der Waals surface area contributed by atoms with Gasteiger partial charge in [0.15, 0.2) is 0 Å². The largest absolute Gasteiger partial charge is 0.471 e. The van der Waals surface area contributed by atoms with E-state index in [4.69, 9.17) is 20.9 Å². The third kappa shape index (κ3) is 2.87. The molecular formula is C18H16ClN3O2. The number of rotatable bonds is 2. The molecule has 0 radical (unpaired) electrons. The minimum absolute atomic E-state index is 0.173. The molecule has 3 heterocycles. The van der Waals surface area contributed by atoms with Gasteiger partial charge in [0.1, 0.15) is 5.60 Å². The number of halogens is 1. The minimum Gasteiger partial charge on any atom is -0.471 e. The summed E-state index contributed by atoms with van der Waals surface area (Å²) in [5.41, 5.74) is 2.54. The van der Waals surface area contributed by atoms with Gasteiger partial charge in [0.25, 0.3) is 5.89 Å². The first-order valence-corrected chi connectivity index (χ1v) is 8.16. The number of aromatic nitrogens is 3. The Kier molecular flexibility index (Phi) is 3.53. The maximum Gasteiger partial charge on any atom is 0.259 e. The first-order chi connectivity index (χ1) is 11.5. The van der Waals surface area contributed by atoms with Crippen LogP contribution in [-0.2, 0) is 6.42 Å². The number of benzene rings is 1. The summed E-state index contributed by atoms with van der Waals surface area (Å²) in [5, 5.41) is 4.71. The van der Waals surface area contributed by atoms with E-state index in [1.165, 1.54) is 0 Å². The lowest BCUT2D eigenvalue weighted by atomic mass is 9.95. The van der Waals surface area contributed by atoms with Crippen molar-refractivity contribution in [2.24, 2.45) is 0 Å². The van der Waals surface area contributed by atoms with Gasteiger partial charge < -0.3 is 9.26 Å². The van der Waals surface area contributed by atoms with E-state index in [1.807, 2.05) is 18.2 Å². The van der Waals surface area contributed by atoms with E-state index in [0.717, 1.165) is 29.5 Å². The van der Waals surface area contributed by atoms with Gasteiger partial charge in [0, 0.05) is 22.3 Å². The quantitative estimate of drug-likeness (QED) is 0.684.